The molecule has 3 aromatic rings. The van der Waals surface area contributed by atoms with Crippen LogP contribution in [-0.4, -0.2) is 48.4 Å². The van der Waals surface area contributed by atoms with Crippen LogP contribution in [0, 0.1) is 5.92 Å². The molecular formula is C25H30N6O2. The maximum Gasteiger partial charge on any atom is 0.277 e. The lowest BCUT2D eigenvalue weighted by Gasteiger charge is -2.39. The third-order valence-electron chi connectivity index (χ3n) is 7.59. The Balaban J connectivity index is 1.29. The van der Waals surface area contributed by atoms with Gasteiger partial charge in [0.1, 0.15) is 0 Å². The van der Waals surface area contributed by atoms with Crippen LogP contribution < -0.4 is 5.56 Å². The smallest absolute Gasteiger partial charge is 0.277 e. The number of aromatic amines is 1. The summed E-state index contributed by atoms with van der Waals surface area (Å²) >= 11 is 0. The van der Waals surface area contributed by atoms with E-state index in [1.807, 2.05) is 18.3 Å². The number of amides is 1. The number of piperidine rings is 1. The van der Waals surface area contributed by atoms with Gasteiger partial charge >= 0.3 is 0 Å². The maximum absolute atomic E-state index is 13.4. The Morgan fingerprint density at radius 3 is 2.85 bits per heavy atom. The van der Waals surface area contributed by atoms with Crippen LogP contribution in [0.25, 0.3) is 5.65 Å². The van der Waals surface area contributed by atoms with Gasteiger partial charge in [-0.15, -0.1) is 0 Å². The quantitative estimate of drug-likeness (QED) is 0.666. The van der Waals surface area contributed by atoms with Crippen molar-refractivity contribution >= 4 is 11.6 Å². The molecule has 3 aliphatic rings. The van der Waals surface area contributed by atoms with E-state index in [4.69, 9.17) is 4.98 Å². The molecule has 1 aliphatic carbocycles. The number of carbonyl (C=O) groups excluding carboxylic acids is 1. The number of rotatable bonds is 4. The lowest BCUT2D eigenvalue weighted by Crippen LogP contribution is -2.43. The molecule has 1 N–H and O–H groups in total. The van der Waals surface area contributed by atoms with Crippen molar-refractivity contribution in [2.24, 2.45) is 5.92 Å². The van der Waals surface area contributed by atoms with Crippen LogP contribution >= 0.6 is 0 Å². The van der Waals surface area contributed by atoms with Crippen molar-refractivity contribution in [2.75, 3.05) is 13.1 Å². The van der Waals surface area contributed by atoms with E-state index in [1.165, 1.54) is 0 Å². The van der Waals surface area contributed by atoms with Gasteiger partial charge in [0.25, 0.3) is 5.56 Å². The summed E-state index contributed by atoms with van der Waals surface area (Å²) in [6.45, 7) is 3.03. The van der Waals surface area contributed by atoms with Gasteiger partial charge in [0, 0.05) is 57.0 Å². The van der Waals surface area contributed by atoms with Crippen LogP contribution in [-0.2, 0) is 24.3 Å². The summed E-state index contributed by atoms with van der Waals surface area (Å²) in [4.78, 5) is 39.9. The Labute approximate surface area is 192 Å². The minimum Gasteiger partial charge on any atom is -0.334 e. The van der Waals surface area contributed by atoms with Gasteiger partial charge < -0.3 is 4.90 Å². The average molecular weight is 447 g/mol. The Hall–Kier alpha value is -3.00. The molecule has 0 spiro atoms. The fourth-order valence-electron chi connectivity index (χ4n) is 5.52. The van der Waals surface area contributed by atoms with E-state index in [1.54, 1.807) is 10.7 Å². The molecule has 33 heavy (non-hydrogen) atoms. The van der Waals surface area contributed by atoms with E-state index in [-0.39, 0.29) is 23.4 Å². The standard InChI is InChI=1S/C25H30N6O2/c32-24(18-6-3-7-18)30-11-2-1-8-22(30)21-13-23-27-20-9-12-29(15-17-5-4-10-26-14-17)16-19(20)25(33)31(23)28-21/h4-5,10,13-14,18,22,28H,1-3,6-9,11-12,15-16H2/t22-/m0/s1. The van der Waals surface area contributed by atoms with Crippen molar-refractivity contribution in [3.05, 3.63) is 63.5 Å². The van der Waals surface area contributed by atoms with Crippen molar-refractivity contribution < 1.29 is 4.79 Å². The normalized spacial score (nSPS) is 21.7. The first-order chi connectivity index (χ1) is 16.2. The van der Waals surface area contributed by atoms with Crippen LogP contribution in [0.2, 0.25) is 0 Å². The summed E-state index contributed by atoms with van der Waals surface area (Å²) < 4.78 is 1.59. The van der Waals surface area contributed by atoms with E-state index in [0.29, 0.717) is 12.2 Å². The molecule has 2 aliphatic heterocycles. The van der Waals surface area contributed by atoms with Gasteiger partial charge in [0.2, 0.25) is 5.91 Å². The highest BCUT2D eigenvalue weighted by Crippen LogP contribution is 2.36. The fourth-order valence-corrected chi connectivity index (χ4v) is 5.52. The second kappa shape index (κ2) is 8.41. The van der Waals surface area contributed by atoms with Gasteiger partial charge in [0.15, 0.2) is 5.65 Å². The SMILES string of the molecule is O=C(C1CCC1)N1CCCC[C@H]1c1cc2nc3c(c(=O)n2[nH]1)CN(Cc1cccnc1)CC3. The summed E-state index contributed by atoms with van der Waals surface area (Å²) in [7, 11) is 0. The third-order valence-corrected chi connectivity index (χ3v) is 7.59. The third kappa shape index (κ3) is 3.76. The monoisotopic (exact) mass is 446 g/mol. The topological polar surface area (TPSA) is 86.6 Å². The zero-order valence-corrected chi connectivity index (χ0v) is 18.9. The van der Waals surface area contributed by atoms with E-state index in [9.17, 15) is 9.59 Å². The van der Waals surface area contributed by atoms with Crippen LogP contribution in [0.1, 0.15) is 67.1 Å². The Kier molecular flexibility index (Phi) is 5.25. The molecule has 8 nitrogen and oxygen atoms in total. The largest absolute Gasteiger partial charge is 0.334 e. The predicted molar refractivity (Wildman–Crippen MR) is 124 cm³/mol. The van der Waals surface area contributed by atoms with Gasteiger partial charge in [0.05, 0.1) is 23.0 Å². The van der Waals surface area contributed by atoms with Crippen LogP contribution in [0.3, 0.4) is 0 Å². The molecule has 2 fully saturated rings. The van der Waals surface area contributed by atoms with Crippen LogP contribution in [0.5, 0.6) is 0 Å². The minimum atomic E-state index is -0.0233. The van der Waals surface area contributed by atoms with Gasteiger partial charge in [-0.05, 0) is 43.7 Å². The predicted octanol–water partition coefficient (Wildman–Crippen LogP) is 2.83. The van der Waals surface area contributed by atoms with Crippen LogP contribution in [0.4, 0.5) is 0 Å². The number of carbonyl (C=O) groups is 1. The molecule has 172 valence electrons. The highest BCUT2D eigenvalue weighted by atomic mass is 16.2. The number of hydrogen-bond acceptors (Lipinski definition) is 5. The van der Waals surface area contributed by atoms with Crippen molar-refractivity contribution in [1.29, 1.82) is 0 Å². The van der Waals surface area contributed by atoms with Gasteiger partial charge in [-0.2, -0.15) is 0 Å². The number of hydrogen-bond donors (Lipinski definition) is 1. The summed E-state index contributed by atoms with van der Waals surface area (Å²) in [6.07, 6.45) is 10.7. The molecule has 8 heteroatoms. The highest BCUT2D eigenvalue weighted by molar-refractivity contribution is 5.80. The Morgan fingerprint density at radius 1 is 1.15 bits per heavy atom. The van der Waals surface area contributed by atoms with Crippen molar-refractivity contribution in [2.45, 2.75) is 64.1 Å². The van der Waals surface area contributed by atoms with Crippen molar-refractivity contribution in [1.82, 2.24) is 29.4 Å². The molecule has 1 saturated carbocycles. The van der Waals surface area contributed by atoms with E-state index in [2.05, 4.69) is 25.9 Å². The zero-order valence-electron chi connectivity index (χ0n) is 18.9. The molecule has 1 saturated heterocycles. The summed E-state index contributed by atoms with van der Waals surface area (Å²) in [5.74, 6) is 0.476. The molecule has 5 heterocycles. The Bertz CT molecular complexity index is 1230. The number of fused-ring (bicyclic) bond motifs is 2. The zero-order chi connectivity index (χ0) is 22.4. The second-order valence-electron chi connectivity index (χ2n) is 9.74. The second-order valence-corrected chi connectivity index (χ2v) is 9.74. The molecule has 0 aromatic carbocycles. The van der Waals surface area contributed by atoms with Gasteiger partial charge in [-0.3, -0.25) is 24.6 Å². The Morgan fingerprint density at radius 2 is 2.06 bits per heavy atom. The van der Waals surface area contributed by atoms with E-state index < -0.39 is 0 Å². The maximum atomic E-state index is 13.4. The highest BCUT2D eigenvalue weighted by Gasteiger charge is 2.36. The number of pyridine rings is 1. The van der Waals surface area contributed by atoms with Crippen molar-refractivity contribution in [3.63, 3.8) is 0 Å². The molecule has 6 rings (SSSR count). The lowest BCUT2D eigenvalue weighted by molar-refractivity contribution is -0.142. The average Bonchev–Trinajstić information content (AvgIpc) is 3.23. The molecule has 1 atom stereocenters. The first-order valence-corrected chi connectivity index (χ1v) is 12.2. The van der Waals surface area contributed by atoms with E-state index >= 15 is 0 Å². The van der Waals surface area contributed by atoms with Gasteiger partial charge in [-0.25, -0.2) is 9.50 Å². The first-order valence-electron chi connectivity index (χ1n) is 12.2. The molecule has 0 bridgehead atoms. The molecule has 0 unspecified atom stereocenters. The minimum absolute atomic E-state index is 0.00653. The lowest BCUT2D eigenvalue weighted by atomic mass is 9.83. The fraction of sp³-hybridized carbons (Fsp3) is 0.520. The van der Waals surface area contributed by atoms with Crippen molar-refractivity contribution in [3.8, 4) is 0 Å². The summed E-state index contributed by atoms with van der Waals surface area (Å²) in [6, 6.07) is 6.00. The number of H-pyrrole nitrogens is 1. The number of nitrogens with zero attached hydrogens (tertiary/aromatic N) is 5. The molecular weight excluding hydrogens is 416 g/mol. The number of aromatic nitrogens is 4. The van der Waals surface area contributed by atoms with Gasteiger partial charge in [-0.1, -0.05) is 12.5 Å². The van der Waals surface area contributed by atoms with Crippen LogP contribution in [0.15, 0.2) is 35.4 Å². The molecule has 0 radical (unpaired) electrons. The summed E-state index contributed by atoms with van der Waals surface area (Å²) in [5.41, 5.74) is 4.38. The molecule has 1 amide bonds. The van der Waals surface area contributed by atoms with E-state index in [0.717, 1.165) is 87.1 Å². The summed E-state index contributed by atoms with van der Waals surface area (Å²) in [5, 5.41) is 3.33. The number of nitrogens with one attached hydrogen (secondary N) is 1. The number of likely N-dealkylation sites (tertiary alicyclic amines) is 1. The first kappa shape index (κ1) is 20.6. The molecule has 3 aromatic heterocycles.